The van der Waals surface area contributed by atoms with E-state index in [1.54, 1.807) is 0 Å². The van der Waals surface area contributed by atoms with Gasteiger partial charge in [-0.2, -0.15) is 0 Å². The summed E-state index contributed by atoms with van der Waals surface area (Å²) in [6.45, 7) is 6.62. The second-order valence-electron chi connectivity index (χ2n) is 4.09. The van der Waals surface area contributed by atoms with Crippen LogP contribution in [0.15, 0.2) is 18.2 Å². The summed E-state index contributed by atoms with van der Waals surface area (Å²) in [5, 5.41) is 0. The lowest BCUT2D eigenvalue weighted by atomic mass is 10.0. The number of ether oxygens (including phenoxy) is 1. The van der Waals surface area contributed by atoms with Crippen molar-refractivity contribution in [1.29, 1.82) is 0 Å². The molecule has 88 valence electrons. The highest BCUT2D eigenvalue weighted by molar-refractivity contribution is 5.91. The predicted molar refractivity (Wildman–Crippen MR) is 65.7 cm³/mol. The fourth-order valence-corrected chi connectivity index (χ4v) is 1.57. The Morgan fingerprint density at radius 1 is 1.25 bits per heavy atom. The summed E-state index contributed by atoms with van der Waals surface area (Å²) in [6, 6.07) is 5.72. The maximum absolute atomic E-state index is 11.8. The molecule has 0 bridgehead atoms. The molecular weight excluding hydrogens is 200 g/mol. The van der Waals surface area contributed by atoms with E-state index in [0.29, 0.717) is 12.2 Å². The molecule has 0 fully saturated rings. The number of rotatable bonds is 5. The van der Waals surface area contributed by atoms with Crippen LogP contribution in [0.5, 0.6) is 0 Å². The minimum Gasteiger partial charge on any atom is -0.462 e. The Morgan fingerprint density at radius 2 is 2.00 bits per heavy atom. The van der Waals surface area contributed by atoms with Crippen LogP contribution < -0.4 is 0 Å². The Labute approximate surface area is 97.6 Å². The molecule has 0 unspecified atom stereocenters. The van der Waals surface area contributed by atoms with Crippen LogP contribution in [0.3, 0.4) is 0 Å². The molecule has 2 heteroatoms. The average Bonchev–Trinajstić information content (AvgIpc) is 2.28. The van der Waals surface area contributed by atoms with Crippen molar-refractivity contribution >= 4 is 5.97 Å². The zero-order valence-corrected chi connectivity index (χ0v) is 10.4. The third-order valence-electron chi connectivity index (χ3n) is 2.81. The van der Waals surface area contributed by atoms with Gasteiger partial charge in [0.2, 0.25) is 0 Å². The van der Waals surface area contributed by atoms with Crippen molar-refractivity contribution in [2.75, 3.05) is 6.61 Å². The summed E-state index contributed by atoms with van der Waals surface area (Å²) in [4.78, 5) is 11.8. The van der Waals surface area contributed by atoms with Crippen LogP contribution in [0.1, 0.15) is 47.7 Å². The lowest BCUT2D eigenvalue weighted by molar-refractivity contribution is 0.0497. The van der Waals surface area contributed by atoms with E-state index in [0.717, 1.165) is 30.4 Å². The minimum atomic E-state index is -0.197. The molecule has 1 aromatic carbocycles. The third kappa shape index (κ3) is 3.37. The highest BCUT2D eigenvalue weighted by atomic mass is 16.5. The highest BCUT2D eigenvalue weighted by Crippen LogP contribution is 2.13. The van der Waals surface area contributed by atoms with Gasteiger partial charge in [-0.3, -0.25) is 0 Å². The van der Waals surface area contributed by atoms with Crippen LogP contribution in [0.2, 0.25) is 0 Å². The van der Waals surface area contributed by atoms with Gasteiger partial charge in [-0.25, -0.2) is 4.79 Å². The molecule has 0 N–H and O–H groups in total. The largest absolute Gasteiger partial charge is 0.462 e. The first-order chi connectivity index (χ1) is 7.66. The lowest BCUT2D eigenvalue weighted by Gasteiger charge is -2.08. The Hall–Kier alpha value is -1.31. The Bertz CT molecular complexity index is 356. The van der Waals surface area contributed by atoms with Crippen LogP contribution in [0.25, 0.3) is 0 Å². The molecule has 1 rings (SSSR count). The number of carbonyl (C=O) groups is 1. The van der Waals surface area contributed by atoms with E-state index in [1.807, 2.05) is 32.0 Å². The van der Waals surface area contributed by atoms with Crippen molar-refractivity contribution in [3.05, 3.63) is 34.9 Å². The number of hydrogen-bond donors (Lipinski definition) is 0. The third-order valence-corrected chi connectivity index (χ3v) is 2.81. The number of esters is 1. The van der Waals surface area contributed by atoms with Crippen molar-refractivity contribution in [2.45, 2.75) is 40.0 Å². The fraction of sp³-hybridized carbons (Fsp3) is 0.500. The summed E-state index contributed by atoms with van der Waals surface area (Å²) in [5.74, 6) is -0.197. The molecule has 0 radical (unpaired) electrons. The molecule has 0 saturated carbocycles. The zero-order chi connectivity index (χ0) is 12.0. The van der Waals surface area contributed by atoms with Crippen molar-refractivity contribution < 1.29 is 9.53 Å². The number of aryl methyl sites for hydroxylation is 1. The second kappa shape index (κ2) is 6.31. The predicted octanol–water partition coefficient (Wildman–Crippen LogP) is 3.65. The van der Waals surface area contributed by atoms with E-state index in [2.05, 4.69) is 6.92 Å². The van der Waals surface area contributed by atoms with Gasteiger partial charge in [0.25, 0.3) is 0 Å². The normalized spacial score (nSPS) is 10.2. The molecule has 16 heavy (non-hydrogen) atoms. The van der Waals surface area contributed by atoms with Crippen molar-refractivity contribution in [2.24, 2.45) is 0 Å². The summed E-state index contributed by atoms with van der Waals surface area (Å²) < 4.78 is 5.23. The van der Waals surface area contributed by atoms with E-state index in [1.165, 1.54) is 0 Å². The number of carbonyl (C=O) groups excluding carboxylic acids is 1. The first-order valence-corrected chi connectivity index (χ1v) is 5.90. The lowest BCUT2D eigenvalue weighted by Crippen LogP contribution is -2.08. The van der Waals surface area contributed by atoms with Gasteiger partial charge in [0, 0.05) is 0 Å². The van der Waals surface area contributed by atoms with Gasteiger partial charge in [-0.1, -0.05) is 31.9 Å². The summed E-state index contributed by atoms with van der Waals surface area (Å²) in [6.07, 6.45) is 3.20. The van der Waals surface area contributed by atoms with Crippen LogP contribution in [-0.4, -0.2) is 12.6 Å². The van der Waals surface area contributed by atoms with Crippen molar-refractivity contribution in [1.82, 2.24) is 0 Å². The Balaban J connectivity index is 2.56. The van der Waals surface area contributed by atoms with E-state index in [9.17, 15) is 4.79 Å². The van der Waals surface area contributed by atoms with Crippen LogP contribution in [0.4, 0.5) is 0 Å². The molecular formula is C14H20O2. The van der Waals surface area contributed by atoms with E-state index >= 15 is 0 Å². The zero-order valence-electron chi connectivity index (χ0n) is 10.4. The van der Waals surface area contributed by atoms with Crippen LogP contribution in [-0.2, 0) is 4.74 Å². The van der Waals surface area contributed by atoms with Gasteiger partial charge >= 0.3 is 5.97 Å². The molecule has 0 spiro atoms. The quantitative estimate of drug-likeness (QED) is 0.559. The standard InChI is InChI=1S/C14H20O2/c1-4-5-6-10-16-14(15)13-9-7-8-11(2)12(13)3/h7-9H,4-6,10H2,1-3H3. The highest BCUT2D eigenvalue weighted by Gasteiger charge is 2.10. The van der Waals surface area contributed by atoms with Crippen molar-refractivity contribution in [3.8, 4) is 0 Å². The molecule has 0 amide bonds. The Kier molecular flexibility index (Phi) is 5.03. The van der Waals surface area contributed by atoms with Gasteiger partial charge in [-0.15, -0.1) is 0 Å². The van der Waals surface area contributed by atoms with Gasteiger partial charge in [0.05, 0.1) is 12.2 Å². The first kappa shape index (κ1) is 12.8. The minimum absolute atomic E-state index is 0.197. The Morgan fingerprint density at radius 3 is 2.69 bits per heavy atom. The van der Waals surface area contributed by atoms with E-state index < -0.39 is 0 Å². The summed E-state index contributed by atoms with van der Waals surface area (Å²) in [7, 11) is 0. The molecule has 0 atom stereocenters. The molecule has 0 aliphatic rings. The molecule has 2 nitrogen and oxygen atoms in total. The van der Waals surface area contributed by atoms with Crippen LogP contribution in [0, 0.1) is 13.8 Å². The maximum atomic E-state index is 11.8. The van der Waals surface area contributed by atoms with Crippen LogP contribution >= 0.6 is 0 Å². The van der Waals surface area contributed by atoms with Gasteiger partial charge in [0.1, 0.15) is 0 Å². The topological polar surface area (TPSA) is 26.3 Å². The maximum Gasteiger partial charge on any atom is 0.338 e. The molecule has 0 saturated heterocycles. The molecule has 1 aromatic rings. The average molecular weight is 220 g/mol. The summed E-state index contributed by atoms with van der Waals surface area (Å²) in [5.41, 5.74) is 2.84. The number of unbranched alkanes of at least 4 members (excludes halogenated alkanes) is 2. The molecule has 0 aromatic heterocycles. The smallest absolute Gasteiger partial charge is 0.338 e. The SMILES string of the molecule is CCCCCOC(=O)c1cccc(C)c1C. The van der Waals surface area contributed by atoms with E-state index in [-0.39, 0.29) is 5.97 Å². The second-order valence-corrected chi connectivity index (χ2v) is 4.09. The molecule has 0 aliphatic heterocycles. The van der Waals surface area contributed by atoms with Gasteiger partial charge in [0.15, 0.2) is 0 Å². The van der Waals surface area contributed by atoms with Crippen molar-refractivity contribution in [3.63, 3.8) is 0 Å². The number of benzene rings is 1. The van der Waals surface area contributed by atoms with Gasteiger partial charge in [-0.05, 0) is 37.5 Å². The first-order valence-electron chi connectivity index (χ1n) is 5.90. The molecule has 0 heterocycles. The molecule has 0 aliphatic carbocycles. The summed E-state index contributed by atoms with van der Waals surface area (Å²) >= 11 is 0. The monoisotopic (exact) mass is 220 g/mol. The number of hydrogen-bond acceptors (Lipinski definition) is 2. The van der Waals surface area contributed by atoms with Gasteiger partial charge < -0.3 is 4.74 Å². The fourth-order valence-electron chi connectivity index (χ4n) is 1.57. The van der Waals surface area contributed by atoms with E-state index in [4.69, 9.17) is 4.74 Å².